The van der Waals surface area contributed by atoms with Crippen LogP contribution in [0.25, 0.3) is 0 Å². The van der Waals surface area contributed by atoms with E-state index in [0.29, 0.717) is 10.3 Å². The van der Waals surface area contributed by atoms with Crippen LogP contribution in [0.2, 0.25) is 0 Å². The molecule has 1 aromatic heterocycles. The Kier molecular flexibility index (Phi) is 5.90. The van der Waals surface area contributed by atoms with E-state index in [9.17, 15) is 23.2 Å². The molecule has 2 aromatic rings. The van der Waals surface area contributed by atoms with E-state index in [1.807, 2.05) is 0 Å². The second kappa shape index (κ2) is 7.93. The maximum Gasteiger partial charge on any atom is 0.339 e. The standard InChI is InChI=1S/C16H17N3O6S/c1-11-3-4-13(9-14(11)26(23,24)17-2)18-15(20)10-25-16(21)12-5-7-19(22)8-6-12/h3-9,17H,10H2,1-2H3,(H,18,20). The van der Waals surface area contributed by atoms with Gasteiger partial charge in [0.1, 0.15) is 0 Å². The minimum absolute atomic E-state index is 0.0324. The van der Waals surface area contributed by atoms with Crippen LogP contribution in [0, 0.1) is 12.1 Å². The van der Waals surface area contributed by atoms with Crippen LogP contribution in [-0.2, 0) is 19.6 Å². The highest BCUT2D eigenvalue weighted by Crippen LogP contribution is 2.19. The molecule has 138 valence electrons. The molecule has 0 spiro atoms. The van der Waals surface area contributed by atoms with Gasteiger partial charge < -0.3 is 15.3 Å². The number of amides is 1. The zero-order valence-corrected chi connectivity index (χ0v) is 14.9. The van der Waals surface area contributed by atoms with Crippen molar-refractivity contribution in [1.29, 1.82) is 0 Å². The summed E-state index contributed by atoms with van der Waals surface area (Å²) in [6, 6.07) is 6.93. The largest absolute Gasteiger partial charge is 0.619 e. The van der Waals surface area contributed by atoms with Crippen LogP contribution >= 0.6 is 0 Å². The van der Waals surface area contributed by atoms with Gasteiger partial charge in [-0.1, -0.05) is 6.07 Å². The van der Waals surface area contributed by atoms with Gasteiger partial charge in [0, 0.05) is 17.8 Å². The smallest absolute Gasteiger partial charge is 0.339 e. The van der Waals surface area contributed by atoms with Gasteiger partial charge in [-0.25, -0.2) is 17.9 Å². The lowest BCUT2D eigenvalue weighted by Gasteiger charge is -2.10. The van der Waals surface area contributed by atoms with Gasteiger partial charge in [-0.15, -0.1) is 0 Å². The van der Waals surface area contributed by atoms with Gasteiger partial charge >= 0.3 is 5.97 Å². The Hall–Kier alpha value is -2.98. The molecule has 2 N–H and O–H groups in total. The molecule has 26 heavy (non-hydrogen) atoms. The van der Waals surface area contributed by atoms with Crippen molar-refractivity contribution in [2.45, 2.75) is 11.8 Å². The van der Waals surface area contributed by atoms with Crippen LogP contribution in [0.4, 0.5) is 5.69 Å². The lowest BCUT2D eigenvalue weighted by molar-refractivity contribution is -0.605. The van der Waals surface area contributed by atoms with Crippen LogP contribution in [0.1, 0.15) is 15.9 Å². The fourth-order valence-electron chi connectivity index (χ4n) is 2.04. The molecule has 0 fully saturated rings. The quantitative estimate of drug-likeness (QED) is 0.423. The van der Waals surface area contributed by atoms with E-state index in [-0.39, 0.29) is 16.1 Å². The molecule has 0 saturated heterocycles. The number of carbonyl (C=O) groups is 2. The molecule has 0 atom stereocenters. The average molecular weight is 379 g/mol. The number of pyridine rings is 1. The molecule has 0 aliphatic rings. The first-order chi connectivity index (χ1) is 12.2. The molecule has 0 unspecified atom stereocenters. The van der Waals surface area contributed by atoms with E-state index in [1.165, 1.54) is 31.3 Å². The predicted molar refractivity (Wildman–Crippen MR) is 91.7 cm³/mol. The molecule has 0 aliphatic heterocycles. The summed E-state index contributed by atoms with van der Waals surface area (Å²) in [4.78, 5) is 23.7. The average Bonchev–Trinajstić information content (AvgIpc) is 2.61. The molecular weight excluding hydrogens is 362 g/mol. The normalized spacial score (nSPS) is 11.0. The van der Waals surface area contributed by atoms with Crippen molar-refractivity contribution >= 4 is 27.6 Å². The van der Waals surface area contributed by atoms with Gasteiger partial charge in [0.25, 0.3) is 5.91 Å². The number of rotatable bonds is 6. The molecule has 1 amide bonds. The van der Waals surface area contributed by atoms with E-state index in [1.54, 1.807) is 13.0 Å². The van der Waals surface area contributed by atoms with Crippen LogP contribution in [0.15, 0.2) is 47.6 Å². The number of esters is 1. The highest BCUT2D eigenvalue weighted by atomic mass is 32.2. The van der Waals surface area contributed by atoms with Crippen molar-refractivity contribution in [3.8, 4) is 0 Å². The maximum absolute atomic E-state index is 11.9. The number of aryl methyl sites for hydroxylation is 1. The van der Waals surface area contributed by atoms with Crippen LogP contribution in [-0.4, -0.2) is 33.9 Å². The van der Waals surface area contributed by atoms with Crippen molar-refractivity contribution in [3.05, 3.63) is 59.1 Å². The zero-order valence-electron chi connectivity index (χ0n) is 14.1. The Labute approximate surface area is 150 Å². The molecule has 2 rings (SSSR count). The monoisotopic (exact) mass is 379 g/mol. The second-order valence-electron chi connectivity index (χ2n) is 5.26. The summed E-state index contributed by atoms with van der Waals surface area (Å²) in [5.41, 5.74) is 0.892. The van der Waals surface area contributed by atoms with E-state index in [2.05, 4.69) is 10.0 Å². The summed E-state index contributed by atoms with van der Waals surface area (Å²) in [6.45, 7) is 1.07. The van der Waals surface area contributed by atoms with Crippen molar-refractivity contribution < 1.29 is 27.5 Å². The fourth-order valence-corrected chi connectivity index (χ4v) is 3.03. The van der Waals surface area contributed by atoms with Gasteiger partial charge in [0.15, 0.2) is 19.0 Å². The molecule has 10 heteroatoms. The predicted octanol–water partition coefficient (Wildman–Crippen LogP) is 0.332. The van der Waals surface area contributed by atoms with Crippen LogP contribution in [0.3, 0.4) is 0 Å². The molecule has 9 nitrogen and oxygen atoms in total. The Morgan fingerprint density at radius 1 is 1.19 bits per heavy atom. The number of benzene rings is 1. The van der Waals surface area contributed by atoms with E-state index >= 15 is 0 Å². The number of hydrogen-bond acceptors (Lipinski definition) is 6. The summed E-state index contributed by atoms with van der Waals surface area (Å²) >= 11 is 0. The highest BCUT2D eigenvalue weighted by Gasteiger charge is 2.16. The third kappa shape index (κ3) is 4.77. The van der Waals surface area contributed by atoms with Gasteiger partial charge in [0.2, 0.25) is 10.0 Å². The lowest BCUT2D eigenvalue weighted by Crippen LogP contribution is -2.25. The van der Waals surface area contributed by atoms with Crippen LogP contribution < -0.4 is 14.8 Å². The van der Waals surface area contributed by atoms with Gasteiger partial charge in [-0.2, -0.15) is 4.73 Å². The SMILES string of the molecule is CNS(=O)(=O)c1cc(NC(=O)COC(=O)c2cc[n+]([O-])cc2)ccc1C. The maximum atomic E-state index is 11.9. The first-order valence-corrected chi connectivity index (χ1v) is 8.91. The Balaban J connectivity index is 2.01. The number of hydrogen-bond donors (Lipinski definition) is 2. The second-order valence-corrected chi connectivity index (χ2v) is 7.11. The fraction of sp³-hybridized carbons (Fsp3) is 0.188. The number of nitrogens with zero attached hydrogens (tertiary/aromatic N) is 1. The van der Waals surface area contributed by atoms with Gasteiger partial charge in [0.05, 0.1) is 10.5 Å². The van der Waals surface area contributed by atoms with E-state index in [4.69, 9.17) is 4.74 Å². The van der Waals surface area contributed by atoms with Gasteiger partial charge in [-0.05, 0) is 31.7 Å². The topological polar surface area (TPSA) is 129 Å². The number of ether oxygens (including phenoxy) is 1. The first kappa shape index (κ1) is 19.3. The minimum Gasteiger partial charge on any atom is -0.619 e. The summed E-state index contributed by atoms with van der Waals surface area (Å²) in [5, 5.41) is 13.4. The summed E-state index contributed by atoms with van der Waals surface area (Å²) in [5.74, 6) is -1.40. The van der Waals surface area contributed by atoms with Gasteiger partial charge in [-0.3, -0.25) is 4.79 Å². The molecule has 0 bridgehead atoms. The van der Waals surface area contributed by atoms with Crippen molar-refractivity contribution in [1.82, 2.24) is 4.72 Å². The van der Waals surface area contributed by atoms with E-state index in [0.717, 1.165) is 12.4 Å². The third-order valence-corrected chi connectivity index (χ3v) is 4.96. The van der Waals surface area contributed by atoms with Crippen molar-refractivity contribution in [2.75, 3.05) is 19.0 Å². The summed E-state index contributed by atoms with van der Waals surface area (Å²) in [6.07, 6.45) is 2.26. The zero-order chi connectivity index (χ0) is 19.3. The molecule has 1 aromatic carbocycles. The number of anilines is 1. The number of nitrogens with one attached hydrogen (secondary N) is 2. The Morgan fingerprint density at radius 3 is 2.46 bits per heavy atom. The number of sulfonamides is 1. The molecule has 0 radical (unpaired) electrons. The molecule has 0 saturated carbocycles. The minimum atomic E-state index is -3.67. The van der Waals surface area contributed by atoms with E-state index < -0.39 is 28.5 Å². The summed E-state index contributed by atoms with van der Waals surface area (Å²) in [7, 11) is -2.38. The number of carbonyl (C=O) groups excluding carboxylic acids is 2. The molecule has 0 aliphatic carbocycles. The van der Waals surface area contributed by atoms with Crippen molar-refractivity contribution in [3.63, 3.8) is 0 Å². The Morgan fingerprint density at radius 2 is 1.85 bits per heavy atom. The molecular formula is C16H17N3O6S. The Bertz CT molecular complexity index is 926. The summed E-state index contributed by atoms with van der Waals surface area (Å²) < 4.78 is 31.4. The van der Waals surface area contributed by atoms with Crippen LogP contribution in [0.5, 0.6) is 0 Å². The molecule has 1 heterocycles. The number of aromatic nitrogens is 1. The van der Waals surface area contributed by atoms with Crippen molar-refractivity contribution in [2.24, 2.45) is 0 Å². The lowest BCUT2D eigenvalue weighted by atomic mass is 10.2. The highest BCUT2D eigenvalue weighted by molar-refractivity contribution is 7.89. The first-order valence-electron chi connectivity index (χ1n) is 7.43. The third-order valence-electron chi connectivity index (χ3n) is 3.40.